The Labute approximate surface area is 224 Å². The Morgan fingerprint density at radius 3 is 2.26 bits per heavy atom. The van der Waals surface area contributed by atoms with Gasteiger partial charge in [0, 0.05) is 37.6 Å². The number of piperazine rings is 1. The van der Waals surface area contributed by atoms with Gasteiger partial charge in [0.1, 0.15) is 16.5 Å². The Kier molecular flexibility index (Phi) is 7.19. The standard InChI is InChI=1S/C27H29FN8OS/c1-16-13-17(2)23(18(3)14-16)32-24(37)22-15-29-27(38-22)34-25-30-19(4)31-26(33-25)36-11-9-35(10-12-36)21-7-5-20(28)6-8-21/h5-8,13-15H,9-12H2,1-4H3,(H,32,37)(H,29,30,31,33,34). The summed E-state index contributed by atoms with van der Waals surface area (Å²) >= 11 is 1.23. The second-order valence-corrected chi connectivity index (χ2v) is 10.4. The minimum atomic E-state index is -0.238. The number of carbonyl (C=O) groups excluding carboxylic acids is 1. The summed E-state index contributed by atoms with van der Waals surface area (Å²) in [4.78, 5) is 35.6. The number of thiazole rings is 1. The van der Waals surface area contributed by atoms with Crippen molar-refractivity contribution in [3.05, 3.63) is 75.8 Å². The number of hydrogen-bond acceptors (Lipinski definition) is 9. The molecule has 0 saturated carbocycles. The summed E-state index contributed by atoms with van der Waals surface area (Å²) in [7, 11) is 0. The molecule has 1 saturated heterocycles. The van der Waals surface area contributed by atoms with Gasteiger partial charge in [0.25, 0.3) is 5.91 Å². The summed E-state index contributed by atoms with van der Waals surface area (Å²) < 4.78 is 13.3. The van der Waals surface area contributed by atoms with E-state index in [0.29, 0.717) is 27.7 Å². The molecule has 1 fully saturated rings. The molecular formula is C27H29FN8OS. The number of benzene rings is 2. The number of aromatic nitrogens is 4. The number of hydrogen-bond donors (Lipinski definition) is 2. The fourth-order valence-corrected chi connectivity index (χ4v) is 5.27. The zero-order valence-corrected chi connectivity index (χ0v) is 22.6. The summed E-state index contributed by atoms with van der Waals surface area (Å²) in [6, 6.07) is 10.6. The predicted octanol–water partition coefficient (Wildman–Crippen LogP) is 5.02. The van der Waals surface area contributed by atoms with Crippen LogP contribution in [0, 0.1) is 33.5 Å². The molecule has 2 N–H and O–H groups in total. The Morgan fingerprint density at radius 1 is 0.921 bits per heavy atom. The van der Waals surface area contributed by atoms with Gasteiger partial charge in [0.05, 0.1) is 6.20 Å². The highest BCUT2D eigenvalue weighted by Gasteiger charge is 2.21. The number of halogens is 1. The van der Waals surface area contributed by atoms with Gasteiger partial charge in [-0.3, -0.25) is 10.1 Å². The first-order valence-electron chi connectivity index (χ1n) is 12.4. The molecule has 11 heteroatoms. The van der Waals surface area contributed by atoms with Crippen LogP contribution >= 0.6 is 11.3 Å². The van der Waals surface area contributed by atoms with Crippen molar-refractivity contribution in [3.8, 4) is 0 Å². The number of aryl methyl sites for hydroxylation is 4. The van der Waals surface area contributed by atoms with Crippen molar-refractivity contribution in [2.24, 2.45) is 0 Å². The van der Waals surface area contributed by atoms with E-state index in [0.717, 1.165) is 54.2 Å². The largest absolute Gasteiger partial charge is 0.368 e. The van der Waals surface area contributed by atoms with Crippen molar-refractivity contribution in [1.29, 1.82) is 0 Å². The van der Waals surface area contributed by atoms with E-state index in [1.807, 2.05) is 39.8 Å². The molecule has 0 atom stereocenters. The molecule has 38 heavy (non-hydrogen) atoms. The highest BCUT2D eigenvalue weighted by Crippen LogP contribution is 2.26. The van der Waals surface area contributed by atoms with E-state index in [1.165, 1.54) is 23.5 Å². The average Bonchev–Trinajstić information content (AvgIpc) is 3.35. The fourth-order valence-electron chi connectivity index (χ4n) is 4.57. The molecule has 2 aromatic heterocycles. The van der Waals surface area contributed by atoms with Gasteiger partial charge in [0.2, 0.25) is 11.9 Å². The van der Waals surface area contributed by atoms with Crippen molar-refractivity contribution in [2.45, 2.75) is 27.7 Å². The number of rotatable bonds is 6. The summed E-state index contributed by atoms with van der Waals surface area (Å²) in [5.74, 6) is 1.09. The molecule has 1 aliphatic heterocycles. The van der Waals surface area contributed by atoms with Crippen LogP contribution in [0.25, 0.3) is 0 Å². The Hall–Kier alpha value is -4.12. The van der Waals surface area contributed by atoms with Crippen LogP contribution in [-0.2, 0) is 0 Å². The number of nitrogens with zero attached hydrogens (tertiary/aromatic N) is 6. The summed E-state index contributed by atoms with van der Waals surface area (Å²) in [6.45, 7) is 10.8. The van der Waals surface area contributed by atoms with Gasteiger partial charge in [-0.1, -0.05) is 29.0 Å². The normalized spacial score (nSPS) is 13.5. The molecule has 0 aliphatic carbocycles. The lowest BCUT2D eigenvalue weighted by Crippen LogP contribution is -2.47. The first kappa shape index (κ1) is 25.5. The third-order valence-corrected chi connectivity index (χ3v) is 7.27. The predicted molar refractivity (Wildman–Crippen MR) is 149 cm³/mol. The van der Waals surface area contributed by atoms with Gasteiger partial charge in [0.15, 0.2) is 5.13 Å². The monoisotopic (exact) mass is 532 g/mol. The van der Waals surface area contributed by atoms with Crippen molar-refractivity contribution in [2.75, 3.05) is 46.6 Å². The van der Waals surface area contributed by atoms with Crippen LogP contribution in [0.3, 0.4) is 0 Å². The second-order valence-electron chi connectivity index (χ2n) is 9.34. The van der Waals surface area contributed by atoms with E-state index < -0.39 is 0 Å². The van der Waals surface area contributed by atoms with E-state index >= 15 is 0 Å². The molecule has 0 spiro atoms. The van der Waals surface area contributed by atoms with Gasteiger partial charge in [-0.25, -0.2) is 9.37 Å². The molecular weight excluding hydrogens is 503 g/mol. The van der Waals surface area contributed by atoms with Crippen LogP contribution < -0.4 is 20.4 Å². The lowest BCUT2D eigenvalue weighted by atomic mass is 10.1. The molecule has 196 valence electrons. The van der Waals surface area contributed by atoms with Crippen LogP contribution in [0.4, 0.5) is 32.8 Å². The van der Waals surface area contributed by atoms with Crippen molar-refractivity contribution in [1.82, 2.24) is 19.9 Å². The average molecular weight is 533 g/mol. The van der Waals surface area contributed by atoms with Crippen molar-refractivity contribution >= 4 is 45.6 Å². The Balaban J connectivity index is 1.24. The summed E-state index contributed by atoms with van der Waals surface area (Å²) in [5, 5.41) is 6.66. The van der Waals surface area contributed by atoms with Crippen LogP contribution in [-0.4, -0.2) is 52.0 Å². The third kappa shape index (κ3) is 5.72. The molecule has 4 aromatic rings. The number of nitrogens with one attached hydrogen (secondary N) is 2. The molecule has 0 bridgehead atoms. The Bertz CT molecular complexity index is 1440. The maximum atomic E-state index is 13.3. The molecule has 1 amide bonds. The van der Waals surface area contributed by atoms with Crippen molar-refractivity contribution < 1.29 is 9.18 Å². The minimum Gasteiger partial charge on any atom is -0.368 e. The maximum absolute atomic E-state index is 13.3. The highest BCUT2D eigenvalue weighted by atomic mass is 32.1. The van der Waals surface area contributed by atoms with E-state index in [1.54, 1.807) is 18.3 Å². The van der Waals surface area contributed by atoms with Gasteiger partial charge >= 0.3 is 0 Å². The van der Waals surface area contributed by atoms with Gasteiger partial charge in [-0.2, -0.15) is 15.0 Å². The minimum absolute atomic E-state index is 0.211. The molecule has 3 heterocycles. The van der Waals surface area contributed by atoms with E-state index in [2.05, 4.69) is 40.4 Å². The summed E-state index contributed by atoms with van der Waals surface area (Å²) in [5.41, 5.74) is 5.01. The molecule has 0 radical (unpaired) electrons. The van der Waals surface area contributed by atoms with Crippen LogP contribution in [0.5, 0.6) is 0 Å². The van der Waals surface area contributed by atoms with E-state index in [9.17, 15) is 9.18 Å². The third-order valence-electron chi connectivity index (χ3n) is 6.35. The quantitative estimate of drug-likeness (QED) is 0.357. The van der Waals surface area contributed by atoms with Gasteiger partial charge < -0.3 is 15.1 Å². The Morgan fingerprint density at radius 2 is 1.58 bits per heavy atom. The molecule has 2 aromatic carbocycles. The van der Waals surface area contributed by atoms with Crippen LogP contribution in [0.2, 0.25) is 0 Å². The van der Waals surface area contributed by atoms with Gasteiger partial charge in [-0.05, 0) is 63.1 Å². The topological polar surface area (TPSA) is 99.2 Å². The maximum Gasteiger partial charge on any atom is 0.267 e. The molecule has 0 unspecified atom stereocenters. The summed E-state index contributed by atoms with van der Waals surface area (Å²) in [6.07, 6.45) is 1.55. The lowest BCUT2D eigenvalue weighted by Gasteiger charge is -2.36. The molecule has 9 nitrogen and oxygen atoms in total. The fraction of sp³-hybridized carbons (Fsp3) is 0.296. The van der Waals surface area contributed by atoms with Crippen LogP contribution in [0.15, 0.2) is 42.6 Å². The first-order valence-corrected chi connectivity index (χ1v) is 13.2. The SMILES string of the molecule is Cc1cc(C)c(NC(=O)c2cnc(Nc3nc(C)nc(N4CCN(c5ccc(F)cc5)CC4)n3)s2)c(C)c1. The van der Waals surface area contributed by atoms with Crippen molar-refractivity contribution in [3.63, 3.8) is 0 Å². The zero-order chi connectivity index (χ0) is 26.8. The highest BCUT2D eigenvalue weighted by molar-refractivity contribution is 7.17. The molecule has 1 aliphatic rings. The van der Waals surface area contributed by atoms with E-state index in [-0.39, 0.29) is 11.7 Å². The number of amides is 1. The van der Waals surface area contributed by atoms with Crippen LogP contribution in [0.1, 0.15) is 32.2 Å². The van der Waals surface area contributed by atoms with Gasteiger partial charge in [-0.15, -0.1) is 0 Å². The molecule has 5 rings (SSSR count). The lowest BCUT2D eigenvalue weighted by molar-refractivity contribution is 0.103. The number of carbonyl (C=O) groups is 1. The second kappa shape index (κ2) is 10.7. The smallest absolute Gasteiger partial charge is 0.267 e. The first-order chi connectivity index (χ1) is 18.2. The van der Waals surface area contributed by atoms with E-state index in [4.69, 9.17) is 0 Å². The zero-order valence-electron chi connectivity index (χ0n) is 21.7. The number of anilines is 5.